The van der Waals surface area contributed by atoms with Gasteiger partial charge in [0.1, 0.15) is 11.4 Å². The fraction of sp³-hybridized carbons (Fsp3) is 0.300. The topological polar surface area (TPSA) is 87.7 Å². The number of rotatable bonds is 11. The lowest BCUT2D eigenvalue weighted by Crippen LogP contribution is -2.40. The second kappa shape index (κ2) is 15.1. The number of hydrogen-bond acceptors (Lipinski definition) is 8. The minimum absolute atomic E-state index is 0.237. The molecule has 0 N–H and O–H groups in total. The van der Waals surface area contributed by atoms with E-state index in [1.807, 2.05) is 111 Å². The van der Waals surface area contributed by atoms with Crippen molar-refractivity contribution in [3.63, 3.8) is 0 Å². The van der Waals surface area contributed by atoms with Crippen LogP contribution in [-0.2, 0) is 9.53 Å². The van der Waals surface area contributed by atoms with E-state index < -0.39 is 12.0 Å². The van der Waals surface area contributed by atoms with Gasteiger partial charge in [-0.1, -0.05) is 55.5 Å². The van der Waals surface area contributed by atoms with Gasteiger partial charge in [0, 0.05) is 22.2 Å². The number of fused-ring (bicyclic) bond motifs is 1. The maximum atomic E-state index is 14.5. The van der Waals surface area contributed by atoms with Crippen LogP contribution in [0.5, 0.6) is 5.75 Å². The van der Waals surface area contributed by atoms with Crippen LogP contribution in [0.1, 0.15) is 63.8 Å². The summed E-state index contributed by atoms with van der Waals surface area (Å²) in [5.41, 5.74) is 5.80. The van der Waals surface area contributed by atoms with Crippen molar-refractivity contribution < 1.29 is 14.3 Å². The molecule has 1 aliphatic rings. The number of esters is 1. The van der Waals surface area contributed by atoms with Crippen LogP contribution in [-0.4, -0.2) is 39.3 Å². The molecule has 0 spiro atoms. The lowest BCUT2D eigenvalue weighted by atomic mass is 9.96. The van der Waals surface area contributed by atoms with E-state index in [2.05, 4.69) is 19.9 Å². The first-order valence-corrected chi connectivity index (χ1v) is 18.8. The van der Waals surface area contributed by atoms with Gasteiger partial charge in [-0.3, -0.25) is 9.36 Å². The van der Waals surface area contributed by atoms with Gasteiger partial charge in [0.2, 0.25) is 0 Å². The molecule has 0 aliphatic carbocycles. The fourth-order valence-corrected chi connectivity index (χ4v) is 7.34. The predicted octanol–water partition coefficient (Wildman–Crippen LogP) is 7.49. The minimum Gasteiger partial charge on any atom is -0.493 e. The maximum Gasteiger partial charge on any atom is 0.338 e. The molecule has 0 saturated heterocycles. The van der Waals surface area contributed by atoms with Crippen molar-refractivity contribution in [2.45, 2.75) is 65.0 Å². The Morgan fingerprint density at radius 1 is 1.02 bits per heavy atom. The van der Waals surface area contributed by atoms with Crippen LogP contribution in [0.4, 0.5) is 0 Å². The molecule has 1 unspecified atom stereocenters. The Kier molecular flexibility index (Phi) is 10.6. The van der Waals surface area contributed by atoms with Crippen LogP contribution in [0, 0.1) is 12.8 Å². The van der Waals surface area contributed by atoms with E-state index >= 15 is 0 Å². The monoisotopic (exact) mass is 706 g/mol. The molecule has 258 valence electrons. The van der Waals surface area contributed by atoms with Crippen molar-refractivity contribution in [3.8, 4) is 22.7 Å². The van der Waals surface area contributed by atoms with E-state index in [1.165, 1.54) is 11.3 Å². The Balaban J connectivity index is 1.49. The SMILES string of the molecule is CSc1ccc(C2C(C(=O)OC(C)C)=C(C)N=c3sc(=Cc4cn(-c5ccccc5)nc4-c4ccc(OCCC(C)C)c(C)c4)c(=O)n32)cc1. The maximum absolute atomic E-state index is 14.5. The molecule has 0 amide bonds. The summed E-state index contributed by atoms with van der Waals surface area (Å²) in [5, 5.41) is 5.01. The standard InChI is InChI=1S/C40H42N4O4S2/c1-24(2)19-20-47-33-18-15-29(21-26(33)5)36-30(23-43(42-36)31-11-9-8-10-12-31)22-34-38(45)44-37(28-13-16-32(49-7)17-14-28)35(39(46)48-25(3)4)27(6)41-40(44)50-34/h8-18,21-25,37H,19-20H2,1-7H3. The molecule has 10 heteroatoms. The van der Waals surface area contributed by atoms with Gasteiger partial charge in [-0.25, -0.2) is 14.5 Å². The summed E-state index contributed by atoms with van der Waals surface area (Å²) in [6.45, 7) is 12.5. The van der Waals surface area contributed by atoms with Gasteiger partial charge in [0.05, 0.1) is 40.2 Å². The molecule has 0 bridgehead atoms. The summed E-state index contributed by atoms with van der Waals surface area (Å²) in [6, 6.07) is 23.2. The first kappa shape index (κ1) is 35.2. The Hall–Kier alpha value is -4.67. The molecule has 0 fully saturated rings. The zero-order valence-corrected chi connectivity index (χ0v) is 31.1. The lowest BCUT2D eigenvalue weighted by molar-refractivity contribution is -0.143. The highest BCUT2D eigenvalue weighted by atomic mass is 32.2. The summed E-state index contributed by atoms with van der Waals surface area (Å²) in [4.78, 5) is 34.4. The number of hydrogen-bond donors (Lipinski definition) is 0. The van der Waals surface area contributed by atoms with E-state index in [4.69, 9.17) is 19.6 Å². The first-order chi connectivity index (χ1) is 24.0. The summed E-state index contributed by atoms with van der Waals surface area (Å²) in [6.07, 6.45) is 6.50. The Labute approximate surface area is 300 Å². The Morgan fingerprint density at radius 3 is 2.42 bits per heavy atom. The zero-order chi connectivity index (χ0) is 35.5. The van der Waals surface area contributed by atoms with Gasteiger partial charge in [-0.15, -0.1) is 11.8 Å². The molecule has 1 aliphatic heterocycles. The van der Waals surface area contributed by atoms with Crippen molar-refractivity contribution in [3.05, 3.63) is 127 Å². The average Bonchev–Trinajstić information content (AvgIpc) is 3.65. The molecule has 0 radical (unpaired) electrons. The van der Waals surface area contributed by atoms with E-state index in [-0.39, 0.29) is 11.7 Å². The number of thioether (sulfide) groups is 1. The smallest absolute Gasteiger partial charge is 0.338 e. The van der Waals surface area contributed by atoms with E-state index in [0.29, 0.717) is 33.1 Å². The molecular weight excluding hydrogens is 665 g/mol. The van der Waals surface area contributed by atoms with Gasteiger partial charge >= 0.3 is 5.97 Å². The number of benzene rings is 3. The fourth-order valence-electron chi connectivity index (χ4n) is 5.90. The van der Waals surface area contributed by atoms with Crippen LogP contribution in [0.15, 0.2) is 105 Å². The van der Waals surface area contributed by atoms with Gasteiger partial charge in [-0.2, -0.15) is 5.10 Å². The quantitative estimate of drug-likeness (QED) is 0.105. The van der Waals surface area contributed by atoms with Crippen molar-refractivity contribution in [2.24, 2.45) is 10.9 Å². The number of carbonyl (C=O) groups is 1. The first-order valence-electron chi connectivity index (χ1n) is 16.8. The summed E-state index contributed by atoms with van der Waals surface area (Å²) >= 11 is 2.93. The van der Waals surface area contributed by atoms with Crippen LogP contribution in [0.2, 0.25) is 0 Å². The van der Waals surface area contributed by atoms with E-state index in [9.17, 15) is 9.59 Å². The molecule has 0 saturated carbocycles. The third kappa shape index (κ3) is 7.41. The molecule has 3 aromatic carbocycles. The highest BCUT2D eigenvalue weighted by Gasteiger charge is 2.34. The number of aryl methyl sites for hydroxylation is 1. The van der Waals surface area contributed by atoms with Crippen LogP contribution >= 0.6 is 23.1 Å². The number of allylic oxidation sites excluding steroid dienone is 1. The highest BCUT2D eigenvalue weighted by Crippen LogP contribution is 2.33. The van der Waals surface area contributed by atoms with Gasteiger partial charge in [0.25, 0.3) is 5.56 Å². The number of ether oxygens (including phenoxy) is 2. The highest BCUT2D eigenvalue weighted by molar-refractivity contribution is 7.98. The third-order valence-electron chi connectivity index (χ3n) is 8.47. The molecular formula is C40H42N4O4S2. The molecule has 5 aromatic rings. The van der Waals surface area contributed by atoms with Crippen molar-refractivity contribution >= 4 is 35.1 Å². The number of nitrogens with zero attached hydrogens (tertiary/aromatic N) is 4. The average molecular weight is 707 g/mol. The number of aromatic nitrogens is 3. The third-order valence-corrected chi connectivity index (χ3v) is 10.2. The number of carbonyl (C=O) groups excluding carboxylic acids is 1. The summed E-state index contributed by atoms with van der Waals surface area (Å²) in [7, 11) is 0. The molecule has 3 heterocycles. The van der Waals surface area contributed by atoms with Crippen molar-refractivity contribution in [1.82, 2.24) is 14.3 Å². The molecule has 2 aromatic heterocycles. The number of para-hydroxylation sites is 1. The van der Waals surface area contributed by atoms with Crippen molar-refractivity contribution in [1.29, 1.82) is 0 Å². The molecule has 50 heavy (non-hydrogen) atoms. The van der Waals surface area contributed by atoms with Gasteiger partial charge in [-0.05, 0) is 106 Å². The van der Waals surface area contributed by atoms with Crippen LogP contribution in [0.3, 0.4) is 0 Å². The molecule has 1 atom stereocenters. The van der Waals surface area contributed by atoms with Crippen LogP contribution < -0.4 is 19.6 Å². The van der Waals surface area contributed by atoms with E-state index in [0.717, 1.165) is 50.7 Å². The molecule has 6 rings (SSSR count). The second-order valence-corrected chi connectivity index (χ2v) is 14.9. The Bertz CT molecular complexity index is 2230. The van der Waals surface area contributed by atoms with Gasteiger partial charge < -0.3 is 9.47 Å². The minimum atomic E-state index is -0.687. The zero-order valence-electron chi connectivity index (χ0n) is 29.5. The normalized spacial score (nSPS) is 14.7. The van der Waals surface area contributed by atoms with Crippen LogP contribution in [0.25, 0.3) is 23.0 Å². The van der Waals surface area contributed by atoms with Crippen molar-refractivity contribution in [2.75, 3.05) is 12.9 Å². The predicted molar refractivity (Wildman–Crippen MR) is 202 cm³/mol. The number of thiazole rings is 1. The largest absolute Gasteiger partial charge is 0.493 e. The summed E-state index contributed by atoms with van der Waals surface area (Å²) < 4.78 is 15.7. The van der Waals surface area contributed by atoms with E-state index in [1.54, 1.807) is 23.3 Å². The van der Waals surface area contributed by atoms with Gasteiger partial charge in [0.15, 0.2) is 4.80 Å². The summed E-state index contributed by atoms with van der Waals surface area (Å²) in [5.74, 6) is 0.929. The second-order valence-electron chi connectivity index (χ2n) is 13.0. The lowest BCUT2D eigenvalue weighted by Gasteiger charge is -2.25. The Morgan fingerprint density at radius 2 is 1.76 bits per heavy atom. The molecule has 8 nitrogen and oxygen atoms in total.